The second-order valence-electron chi connectivity index (χ2n) is 4.86. The molecule has 8 heteroatoms. The Kier molecular flexibility index (Phi) is 4.46. The maximum absolute atomic E-state index is 13.5. The van der Waals surface area contributed by atoms with Crippen LogP contribution in [0.3, 0.4) is 0 Å². The Morgan fingerprint density at radius 2 is 1.88 bits per heavy atom. The maximum Gasteiger partial charge on any atom is 0.319 e. The van der Waals surface area contributed by atoms with Gasteiger partial charge in [-0.15, -0.1) is 10.2 Å². The van der Waals surface area contributed by atoms with E-state index in [2.05, 4.69) is 20.8 Å². The summed E-state index contributed by atoms with van der Waals surface area (Å²) < 4.78 is 28.3. The molecule has 0 bridgehead atoms. The first-order chi connectivity index (χ1) is 11.6. The van der Waals surface area contributed by atoms with Crippen molar-refractivity contribution in [2.24, 2.45) is 0 Å². The highest BCUT2D eigenvalue weighted by Gasteiger charge is 2.12. The number of hydrogen-bond acceptors (Lipinski definition) is 3. The zero-order chi connectivity index (χ0) is 16.9. The largest absolute Gasteiger partial charge is 0.331 e. The third-order valence-electron chi connectivity index (χ3n) is 3.26. The smallest absolute Gasteiger partial charge is 0.319 e. The first-order valence-electron chi connectivity index (χ1n) is 7.08. The van der Waals surface area contributed by atoms with Gasteiger partial charge in [-0.05, 0) is 24.3 Å². The highest BCUT2D eigenvalue weighted by Crippen LogP contribution is 2.16. The Balaban J connectivity index is 1.65. The molecule has 3 rings (SSSR count). The zero-order valence-electron chi connectivity index (χ0n) is 12.4. The number of halogens is 2. The van der Waals surface area contributed by atoms with E-state index in [1.54, 1.807) is 4.57 Å². The van der Waals surface area contributed by atoms with E-state index in [1.807, 2.05) is 30.3 Å². The van der Waals surface area contributed by atoms with E-state index in [0.29, 0.717) is 5.82 Å². The lowest BCUT2D eigenvalue weighted by molar-refractivity contribution is 0.251. The van der Waals surface area contributed by atoms with Crippen molar-refractivity contribution >= 4 is 11.7 Å². The quantitative estimate of drug-likeness (QED) is 0.773. The van der Waals surface area contributed by atoms with Crippen molar-refractivity contribution in [3.05, 3.63) is 72.3 Å². The van der Waals surface area contributed by atoms with Crippen LogP contribution >= 0.6 is 0 Å². The summed E-state index contributed by atoms with van der Waals surface area (Å²) in [5, 5.41) is 12.5. The molecule has 1 aromatic heterocycles. The fourth-order valence-corrected chi connectivity index (χ4v) is 2.11. The van der Waals surface area contributed by atoms with Crippen LogP contribution < -0.4 is 10.6 Å². The van der Waals surface area contributed by atoms with Crippen LogP contribution in [0.2, 0.25) is 0 Å². The topological polar surface area (TPSA) is 71.8 Å². The van der Waals surface area contributed by atoms with Gasteiger partial charge in [0.1, 0.15) is 6.33 Å². The normalized spacial score (nSPS) is 10.4. The van der Waals surface area contributed by atoms with Gasteiger partial charge in [-0.1, -0.05) is 24.3 Å². The van der Waals surface area contributed by atoms with E-state index in [-0.39, 0.29) is 12.2 Å². The molecule has 0 radical (unpaired) electrons. The summed E-state index contributed by atoms with van der Waals surface area (Å²) in [6.45, 7) is 0.0671. The van der Waals surface area contributed by atoms with Gasteiger partial charge in [0.05, 0.1) is 12.2 Å². The second-order valence-corrected chi connectivity index (χ2v) is 4.86. The number of nitrogens with one attached hydrogen (secondary N) is 2. The van der Waals surface area contributed by atoms with Gasteiger partial charge in [-0.2, -0.15) is 0 Å². The van der Waals surface area contributed by atoms with Crippen molar-refractivity contribution in [1.29, 1.82) is 0 Å². The zero-order valence-corrected chi connectivity index (χ0v) is 12.4. The van der Waals surface area contributed by atoms with Gasteiger partial charge in [-0.25, -0.2) is 13.6 Å². The first kappa shape index (κ1) is 15.6. The number of hydrogen-bond donors (Lipinski definition) is 2. The summed E-state index contributed by atoms with van der Waals surface area (Å²) in [6.07, 6.45) is 1.52. The number of nitrogens with zero attached hydrogens (tertiary/aromatic N) is 3. The van der Waals surface area contributed by atoms with Crippen molar-refractivity contribution in [2.75, 3.05) is 5.32 Å². The van der Waals surface area contributed by atoms with E-state index >= 15 is 0 Å². The molecule has 1 heterocycles. The van der Waals surface area contributed by atoms with E-state index < -0.39 is 17.7 Å². The van der Waals surface area contributed by atoms with Gasteiger partial charge >= 0.3 is 6.03 Å². The maximum atomic E-state index is 13.5. The Morgan fingerprint density at radius 1 is 1.08 bits per heavy atom. The number of benzene rings is 2. The molecule has 0 unspecified atom stereocenters. The van der Waals surface area contributed by atoms with E-state index in [9.17, 15) is 13.6 Å². The van der Waals surface area contributed by atoms with Gasteiger partial charge in [0.2, 0.25) is 0 Å². The Hall–Kier alpha value is -3.29. The summed E-state index contributed by atoms with van der Waals surface area (Å²) in [5.74, 6) is -1.65. The number of aromatic nitrogens is 3. The third-order valence-corrected chi connectivity index (χ3v) is 3.26. The summed E-state index contributed by atoms with van der Waals surface area (Å²) >= 11 is 0. The van der Waals surface area contributed by atoms with Crippen LogP contribution in [0.15, 0.2) is 54.9 Å². The number of urea groups is 1. The molecular formula is C16H13F2N5O. The van der Waals surface area contributed by atoms with Crippen LogP contribution in [0, 0.1) is 11.6 Å². The molecule has 3 aromatic rings. The molecule has 0 aliphatic rings. The molecule has 0 aliphatic carbocycles. The summed E-state index contributed by atoms with van der Waals surface area (Å²) in [6, 6.07) is 12.2. The summed E-state index contributed by atoms with van der Waals surface area (Å²) in [5.41, 5.74) is 0.605. The van der Waals surface area contributed by atoms with Crippen LogP contribution in [0.5, 0.6) is 0 Å². The number of amides is 2. The standard InChI is InChI=1S/C16H13F2N5O/c17-12-7-4-8-13(15(12)18)21-16(24)19-9-14-22-20-10-23(14)11-5-2-1-3-6-11/h1-8,10H,9H2,(H2,19,21,24). The van der Waals surface area contributed by atoms with Crippen LogP contribution in [-0.4, -0.2) is 20.8 Å². The minimum absolute atomic E-state index is 0.0671. The fraction of sp³-hybridized carbons (Fsp3) is 0.0625. The minimum Gasteiger partial charge on any atom is -0.331 e. The van der Waals surface area contributed by atoms with Crippen LogP contribution in [-0.2, 0) is 6.54 Å². The Morgan fingerprint density at radius 3 is 2.67 bits per heavy atom. The van der Waals surface area contributed by atoms with Crippen LogP contribution in [0.4, 0.5) is 19.3 Å². The molecule has 0 aliphatic heterocycles. The lowest BCUT2D eigenvalue weighted by Crippen LogP contribution is -2.29. The van der Waals surface area contributed by atoms with Crippen LogP contribution in [0.1, 0.15) is 5.82 Å². The predicted molar refractivity (Wildman–Crippen MR) is 83.6 cm³/mol. The molecule has 0 spiro atoms. The molecule has 24 heavy (non-hydrogen) atoms. The average molecular weight is 329 g/mol. The highest BCUT2D eigenvalue weighted by atomic mass is 19.2. The van der Waals surface area contributed by atoms with Crippen molar-refractivity contribution in [2.45, 2.75) is 6.54 Å². The number of carbonyl (C=O) groups is 1. The number of carbonyl (C=O) groups excluding carboxylic acids is 1. The number of anilines is 1. The van der Waals surface area contributed by atoms with Crippen molar-refractivity contribution < 1.29 is 13.6 Å². The first-order valence-corrected chi connectivity index (χ1v) is 7.08. The molecule has 0 fully saturated rings. The minimum atomic E-state index is -1.11. The summed E-state index contributed by atoms with van der Waals surface area (Å²) in [4.78, 5) is 11.9. The van der Waals surface area contributed by atoms with Gasteiger partial charge in [0.25, 0.3) is 0 Å². The lowest BCUT2D eigenvalue weighted by Gasteiger charge is -2.09. The molecule has 0 saturated heterocycles. The van der Waals surface area contributed by atoms with Crippen LogP contribution in [0.25, 0.3) is 5.69 Å². The molecule has 2 N–H and O–H groups in total. The molecule has 122 valence electrons. The molecular weight excluding hydrogens is 316 g/mol. The molecule has 2 aromatic carbocycles. The average Bonchev–Trinajstić information content (AvgIpc) is 3.06. The lowest BCUT2D eigenvalue weighted by atomic mass is 10.3. The Labute approximate surface area is 136 Å². The van der Waals surface area contributed by atoms with Crippen molar-refractivity contribution in [1.82, 2.24) is 20.1 Å². The number of rotatable bonds is 4. The predicted octanol–water partition coefficient (Wildman–Crippen LogP) is 2.87. The van der Waals surface area contributed by atoms with Gasteiger partial charge < -0.3 is 10.6 Å². The van der Waals surface area contributed by atoms with Gasteiger partial charge in [0, 0.05) is 5.69 Å². The second kappa shape index (κ2) is 6.86. The highest BCUT2D eigenvalue weighted by molar-refractivity contribution is 5.89. The van der Waals surface area contributed by atoms with E-state index in [1.165, 1.54) is 18.5 Å². The molecule has 2 amide bonds. The third kappa shape index (κ3) is 3.37. The molecule has 0 saturated carbocycles. The summed E-state index contributed by atoms with van der Waals surface area (Å²) in [7, 11) is 0. The van der Waals surface area contributed by atoms with E-state index in [4.69, 9.17) is 0 Å². The monoisotopic (exact) mass is 329 g/mol. The molecule has 0 atom stereocenters. The van der Waals surface area contributed by atoms with Gasteiger partial charge in [-0.3, -0.25) is 4.57 Å². The Bertz CT molecular complexity index is 851. The van der Waals surface area contributed by atoms with Crippen molar-refractivity contribution in [3.8, 4) is 5.69 Å². The SMILES string of the molecule is O=C(NCc1nncn1-c1ccccc1)Nc1cccc(F)c1F. The fourth-order valence-electron chi connectivity index (χ4n) is 2.11. The van der Waals surface area contributed by atoms with Gasteiger partial charge in [0.15, 0.2) is 17.5 Å². The van der Waals surface area contributed by atoms with E-state index in [0.717, 1.165) is 11.8 Å². The molecule has 6 nitrogen and oxygen atoms in total. The van der Waals surface area contributed by atoms with Crippen molar-refractivity contribution in [3.63, 3.8) is 0 Å². The number of para-hydroxylation sites is 1.